The number of rotatable bonds is 5. The largest absolute Gasteiger partial charge is 0.330 e. The molecule has 0 spiro atoms. The fraction of sp³-hybridized carbons (Fsp3) is 1.00. The highest BCUT2D eigenvalue weighted by atomic mass is 14.5. The summed E-state index contributed by atoms with van der Waals surface area (Å²) >= 11 is 0. The Hall–Kier alpha value is -0.0400. The first kappa shape index (κ1) is 8.06. The summed E-state index contributed by atoms with van der Waals surface area (Å²) in [4.78, 5) is 0. The van der Waals surface area contributed by atoms with Crippen molar-refractivity contribution in [3.05, 3.63) is 0 Å². The van der Waals surface area contributed by atoms with Gasteiger partial charge in [-0.25, -0.2) is 0 Å². The molecule has 60 valence electrons. The van der Waals surface area contributed by atoms with Gasteiger partial charge in [-0.3, -0.25) is 0 Å². The normalized spacial score (nSPS) is 30.6. The van der Waals surface area contributed by atoms with Crippen LogP contribution in [-0.4, -0.2) is 6.54 Å². The van der Waals surface area contributed by atoms with E-state index in [0.717, 1.165) is 18.4 Å². The molecule has 1 heteroatoms. The molecule has 0 aromatic rings. The smallest absolute Gasteiger partial charge is 0.00773 e. The predicted molar refractivity (Wildman–Crippen MR) is 44.8 cm³/mol. The summed E-state index contributed by atoms with van der Waals surface area (Å²) in [6.07, 6.45) is 6.93. The maximum atomic E-state index is 5.39. The minimum atomic E-state index is 0.875. The monoisotopic (exact) mass is 141 g/mol. The lowest BCUT2D eigenvalue weighted by atomic mass is 10.1. The molecule has 2 N–H and O–H groups in total. The Morgan fingerprint density at radius 2 is 2.00 bits per heavy atom. The zero-order valence-electron chi connectivity index (χ0n) is 6.97. The topological polar surface area (TPSA) is 26.0 Å². The van der Waals surface area contributed by atoms with E-state index >= 15 is 0 Å². The number of hydrogen-bond acceptors (Lipinski definition) is 1. The van der Waals surface area contributed by atoms with E-state index in [1.54, 1.807) is 0 Å². The summed E-state index contributed by atoms with van der Waals surface area (Å²) < 4.78 is 0. The summed E-state index contributed by atoms with van der Waals surface area (Å²) in [6, 6.07) is 0. The molecule has 0 aromatic heterocycles. The Bertz CT molecular complexity index is 90.7. The van der Waals surface area contributed by atoms with E-state index < -0.39 is 0 Å². The van der Waals surface area contributed by atoms with Gasteiger partial charge >= 0.3 is 0 Å². The lowest BCUT2D eigenvalue weighted by Gasteiger charge is -1.96. The SMILES string of the molecule is CC1CC1CCCCCN. The Morgan fingerprint density at radius 1 is 1.30 bits per heavy atom. The van der Waals surface area contributed by atoms with E-state index in [-0.39, 0.29) is 0 Å². The molecule has 0 saturated heterocycles. The molecule has 2 atom stereocenters. The van der Waals surface area contributed by atoms with Gasteiger partial charge in [-0.05, 0) is 31.2 Å². The van der Waals surface area contributed by atoms with Gasteiger partial charge in [0.05, 0.1) is 0 Å². The van der Waals surface area contributed by atoms with Crippen molar-refractivity contribution in [2.75, 3.05) is 6.54 Å². The van der Waals surface area contributed by atoms with Crippen molar-refractivity contribution in [3.63, 3.8) is 0 Å². The first-order valence-corrected chi connectivity index (χ1v) is 4.54. The molecule has 1 aliphatic rings. The van der Waals surface area contributed by atoms with Crippen LogP contribution in [0.5, 0.6) is 0 Å². The van der Waals surface area contributed by atoms with Crippen LogP contribution < -0.4 is 5.73 Å². The Morgan fingerprint density at radius 3 is 2.50 bits per heavy atom. The first-order chi connectivity index (χ1) is 4.84. The van der Waals surface area contributed by atoms with Crippen LogP contribution in [0.1, 0.15) is 39.0 Å². The fourth-order valence-electron chi connectivity index (χ4n) is 1.53. The average Bonchev–Trinajstić information content (AvgIpc) is 2.60. The third-order valence-corrected chi connectivity index (χ3v) is 2.56. The molecule has 0 aliphatic heterocycles. The van der Waals surface area contributed by atoms with Gasteiger partial charge in [0.1, 0.15) is 0 Å². The van der Waals surface area contributed by atoms with E-state index in [4.69, 9.17) is 5.73 Å². The van der Waals surface area contributed by atoms with Gasteiger partial charge in [0.15, 0.2) is 0 Å². The summed E-state index contributed by atoms with van der Waals surface area (Å²) in [7, 11) is 0. The molecule has 10 heavy (non-hydrogen) atoms. The molecule has 1 fully saturated rings. The van der Waals surface area contributed by atoms with E-state index in [2.05, 4.69) is 6.92 Å². The van der Waals surface area contributed by atoms with Crippen LogP contribution in [0.3, 0.4) is 0 Å². The molecule has 1 saturated carbocycles. The predicted octanol–water partition coefficient (Wildman–Crippen LogP) is 2.16. The van der Waals surface area contributed by atoms with E-state index in [0.29, 0.717) is 0 Å². The van der Waals surface area contributed by atoms with Crippen molar-refractivity contribution in [2.45, 2.75) is 39.0 Å². The molecule has 0 heterocycles. The Balaban J connectivity index is 1.78. The van der Waals surface area contributed by atoms with Crippen LogP contribution in [0.2, 0.25) is 0 Å². The second-order valence-electron chi connectivity index (χ2n) is 3.61. The van der Waals surface area contributed by atoms with Crippen molar-refractivity contribution in [1.29, 1.82) is 0 Å². The Labute approximate surface area is 64.0 Å². The van der Waals surface area contributed by atoms with Crippen molar-refractivity contribution in [1.82, 2.24) is 0 Å². The van der Waals surface area contributed by atoms with Crippen LogP contribution in [0.15, 0.2) is 0 Å². The van der Waals surface area contributed by atoms with Gasteiger partial charge in [-0.2, -0.15) is 0 Å². The second-order valence-corrected chi connectivity index (χ2v) is 3.61. The molecule has 0 aromatic carbocycles. The number of hydrogen-bond donors (Lipinski definition) is 1. The minimum Gasteiger partial charge on any atom is -0.330 e. The zero-order chi connectivity index (χ0) is 7.40. The third kappa shape index (κ3) is 2.70. The van der Waals surface area contributed by atoms with Gasteiger partial charge in [0.25, 0.3) is 0 Å². The van der Waals surface area contributed by atoms with E-state index in [1.807, 2.05) is 0 Å². The summed E-state index contributed by atoms with van der Waals surface area (Å²) in [6.45, 7) is 3.23. The highest BCUT2D eigenvalue weighted by Crippen LogP contribution is 2.41. The number of unbranched alkanes of at least 4 members (excludes halogenated alkanes) is 2. The van der Waals surface area contributed by atoms with Crippen molar-refractivity contribution < 1.29 is 0 Å². The second kappa shape index (κ2) is 3.97. The number of nitrogens with two attached hydrogens (primary N) is 1. The lowest BCUT2D eigenvalue weighted by molar-refractivity contribution is 0.585. The lowest BCUT2D eigenvalue weighted by Crippen LogP contribution is -1.97. The van der Waals surface area contributed by atoms with Crippen molar-refractivity contribution in [2.24, 2.45) is 17.6 Å². The van der Waals surface area contributed by atoms with Gasteiger partial charge in [0.2, 0.25) is 0 Å². The van der Waals surface area contributed by atoms with Crippen molar-refractivity contribution in [3.8, 4) is 0 Å². The standard InChI is InChI=1S/C9H19N/c1-8-7-9(8)5-3-2-4-6-10/h8-9H,2-7,10H2,1H3. The summed E-state index contributed by atoms with van der Waals surface area (Å²) in [5, 5.41) is 0. The minimum absolute atomic E-state index is 0.875. The van der Waals surface area contributed by atoms with Crippen LogP contribution >= 0.6 is 0 Å². The highest BCUT2D eigenvalue weighted by molar-refractivity contribution is 4.81. The maximum absolute atomic E-state index is 5.39. The summed E-state index contributed by atoms with van der Waals surface area (Å²) in [5.74, 6) is 2.12. The van der Waals surface area contributed by atoms with Gasteiger partial charge < -0.3 is 5.73 Å². The average molecular weight is 141 g/mol. The molecular formula is C9H19N. The molecule has 0 bridgehead atoms. The third-order valence-electron chi connectivity index (χ3n) is 2.56. The van der Waals surface area contributed by atoms with Crippen LogP contribution in [0.25, 0.3) is 0 Å². The maximum Gasteiger partial charge on any atom is -0.00773 e. The van der Waals surface area contributed by atoms with Crippen LogP contribution in [-0.2, 0) is 0 Å². The highest BCUT2D eigenvalue weighted by Gasteiger charge is 2.31. The zero-order valence-corrected chi connectivity index (χ0v) is 6.97. The molecule has 0 radical (unpaired) electrons. The summed E-state index contributed by atoms with van der Waals surface area (Å²) in [5.41, 5.74) is 5.39. The first-order valence-electron chi connectivity index (χ1n) is 4.54. The molecule has 2 unspecified atom stereocenters. The molecule has 1 nitrogen and oxygen atoms in total. The van der Waals surface area contributed by atoms with Crippen molar-refractivity contribution >= 4 is 0 Å². The molecule has 1 aliphatic carbocycles. The van der Waals surface area contributed by atoms with Gasteiger partial charge in [-0.1, -0.05) is 26.2 Å². The van der Waals surface area contributed by atoms with Crippen LogP contribution in [0.4, 0.5) is 0 Å². The molecule has 0 amide bonds. The fourth-order valence-corrected chi connectivity index (χ4v) is 1.53. The van der Waals surface area contributed by atoms with Crippen LogP contribution in [0, 0.1) is 11.8 Å². The Kier molecular flexibility index (Phi) is 3.20. The van der Waals surface area contributed by atoms with Gasteiger partial charge in [0, 0.05) is 0 Å². The molecule has 1 rings (SSSR count). The quantitative estimate of drug-likeness (QED) is 0.583. The van der Waals surface area contributed by atoms with Gasteiger partial charge in [-0.15, -0.1) is 0 Å². The van der Waals surface area contributed by atoms with E-state index in [9.17, 15) is 0 Å². The van der Waals surface area contributed by atoms with E-state index in [1.165, 1.54) is 32.1 Å². The molecular weight excluding hydrogens is 122 g/mol.